The van der Waals surface area contributed by atoms with E-state index in [-0.39, 0.29) is 0 Å². The van der Waals surface area contributed by atoms with Crippen molar-refractivity contribution in [2.24, 2.45) is 11.8 Å². The van der Waals surface area contributed by atoms with Gasteiger partial charge in [0.15, 0.2) is 6.29 Å². The lowest BCUT2D eigenvalue weighted by molar-refractivity contribution is -0.106. The molecule has 2 heteroatoms. The Morgan fingerprint density at radius 2 is 1.50 bits per heavy atom. The summed E-state index contributed by atoms with van der Waals surface area (Å²) in [6.07, 6.45) is 3.47. The lowest BCUT2D eigenvalue weighted by Gasteiger charge is -2.13. The van der Waals surface area contributed by atoms with Crippen LogP contribution in [0.2, 0.25) is 0 Å². The Bertz CT molecular complexity index is 121. The van der Waals surface area contributed by atoms with Crippen LogP contribution in [0.25, 0.3) is 0 Å². The molecule has 0 heterocycles. The van der Waals surface area contributed by atoms with Crippen LogP contribution in [0.15, 0.2) is 0 Å². The van der Waals surface area contributed by atoms with E-state index >= 15 is 0 Å². The molecule has 86 valence electrons. The second kappa shape index (κ2) is 8.25. The van der Waals surface area contributed by atoms with Gasteiger partial charge in [-0.3, -0.25) is 0 Å². The van der Waals surface area contributed by atoms with Gasteiger partial charge in [0.25, 0.3) is 0 Å². The van der Waals surface area contributed by atoms with E-state index in [1.165, 1.54) is 6.42 Å². The van der Waals surface area contributed by atoms with Crippen molar-refractivity contribution < 1.29 is 9.84 Å². The van der Waals surface area contributed by atoms with E-state index in [1.807, 2.05) is 0 Å². The average Bonchev–Trinajstić information content (AvgIpc) is 2.08. The van der Waals surface area contributed by atoms with Crippen molar-refractivity contribution in [3.63, 3.8) is 0 Å². The zero-order chi connectivity index (χ0) is 11.0. The molecule has 0 aromatic carbocycles. The van der Waals surface area contributed by atoms with Crippen LogP contribution in [0.5, 0.6) is 0 Å². The molecule has 0 aromatic rings. The highest BCUT2D eigenvalue weighted by Crippen LogP contribution is 2.09. The molecule has 0 aliphatic carbocycles. The van der Waals surface area contributed by atoms with Crippen LogP contribution in [-0.4, -0.2) is 18.0 Å². The topological polar surface area (TPSA) is 29.5 Å². The number of aliphatic hydroxyl groups excluding tert-OH is 1. The first kappa shape index (κ1) is 13.9. The van der Waals surface area contributed by atoms with Crippen LogP contribution in [0.1, 0.15) is 53.4 Å². The quantitative estimate of drug-likeness (QED) is 0.484. The summed E-state index contributed by atoms with van der Waals surface area (Å²) in [5.41, 5.74) is 0. The predicted molar refractivity (Wildman–Crippen MR) is 60.1 cm³/mol. The van der Waals surface area contributed by atoms with Crippen LogP contribution in [0.3, 0.4) is 0 Å². The zero-order valence-corrected chi connectivity index (χ0v) is 10.1. The molecule has 1 N–H and O–H groups in total. The van der Waals surface area contributed by atoms with E-state index < -0.39 is 6.29 Å². The third-order valence-electron chi connectivity index (χ3n) is 2.23. The fourth-order valence-corrected chi connectivity index (χ4v) is 1.27. The molecule has 0 saturated carbocycles. The molecule has 0 aliphatic heterocycles. The van der Waals surface area contributed by atoms with Crippen molar-refractivity contribution in [2.45, 2.75) is 59.7 Å². The highest BCUT2D eigenvalue weighted by molar-refractivity contribution is 4.49. The second-order valence-corrected chi connectivity index (χ2v) is 4.83. The van der Waals surface area contributed by atoms with Gasteiger partial charge in [-0.1, -0.05) is 27.7 Å². The van der Waals surface area contributed by atoms with Gasteiger partial charge in [-0.15, -0.1) is 0 Å². The number of rotatable bonds is 8. The first-order valence-corrected chi connectivity index (χ1v) is 5.82. The van der Waals surface area contributed by atoms with Crippen LogP contribution in [0, 0.1) is 11.8 Å². The predicted octanol–water partition coefficient (Wildman–Crippen LogP) is 3.19. The Kier molecular flexibility index (Phi) is 8.20. The van der Waals surface area contributed by atoms with Crippen molar-refractivity contribution in [3.8, 4) is 0 Å². The normalized spacial score (nSPS) is 13.9. The van der Waals surface area contributed by atoms with Gasteiger partial charge >= 0.3 is 0 Å². The van der Waals surface area contributed by atoms with Gasteiger partial charge in [0.05, 0.1) is 0 Å². The highest BCUT2D eigenvalue weighted by atomic mass is 16.6. The standard InChI is InChI=1S/C12H26O2/c1-10(2)6-5-9-14-12(13)8-7-11(3)4/h10-13H,5-9H2,1-4H3. The molecule has 0 amide bonds. The maximum absolute atomic E-state index is 9.44. The molecule has 0 bridgehead atoms. The maximum Gasteiger partial charge on any atom is 0.154 e. The third-order valence-corrected chi connectivity index (χ3v) is 2.23. The van der Waals surface area contributed by atoms with E-state index in [0.717, 1.165) is 25.2 Å². The Morgan fingerprint density at radius 3 is 2.00 bits per heavy atom. The maximum atomic E-state index is 9.44. The van der Waals surface area contributed by atoms with Crippen molar-refractivity contribution in [1.29, 1.82) is 0 Å². The summed E-state index contributed by atoms with van der Waals surface area (Å²) in [4.78, 5) is 0. The van der Waals surface area contributed by atoms with Gasteiger partial charge in [0.2, 0.25) is 0 Å². The van der Waals surface area contributed by atoms with Crippen molar-refractivity contribution in [2.75, 3.05) is 6.61 Å². The summed E-state index contributed by atoms with van der Waals surface area (Å²) >= 11 is 0. The summed E-state index contributed by atoms with van der Waals surface area (Å²) in [6, 6.07) is 0. The molecule has 2 nitrogen and oxygen atoms in total. The monoisotopic (exact) mass is 202 g/mol. The molecular formula is C12H26O2. The molecule has 0 spiro atoms. The second-order valence-electron chi connectivity index (χ2n) is 4.83. The minimum Gasteiger partial charge on any atom is -0.368 e. The largest absolute Gasteiger partial charge is 0.368 e. The minimum atomic E-state index is -0.551. The van der Waals surface area contributed by atoms with E-state index in [0.29, 0.717) is 12.5 Å². The zero-order valence-electron chi connectivity index (χ0n) is 10.1. The number of hydrogen-bond acceptors (Lipinski definition) is 2. The minimum absolute atomic E-state index is 0.551. The van der Waals surface area contributed by atoms with Crippen LogP contribution in [-0.2, 0) is 4.74 Å². The average molecular weight is 202 g/mol. The first-order valence-electron chi connectivity index (χ1n) is 5.82. The van der Waals surface area contributed by atoms with Crippen molar-refractivity contribution >= 4 is 0 Å². The number of ether oxygens (including phenoxy) is 1. The summed E-state index contributed by atoms with van der Waals surface area (Å²) in [6.45, 7) is 9.42. The molecule has 0 saturated heterocycles. The van der Waals surface area contributed by atoms with Crippen LogP contribution >= 0.6 is 0 Å². The lowest BCUT2D eigenvalue weighted by atomic mass is 10.1. The van der Waals surface area contributed by atoms with E-state index in [2.05, 4.69) is 27.7 Å². The van der Waals surface area contributed by atoms with E-state index in [1.54, 1.807) is 0 Å². The summed E-state index contributed by atoms with van der Waals surface area (Å²) < 4.78 is 5.30. The van der Waals surface area contributed by atoms with Gasteiger partial charge in [-0.25, -0.2) is 0 Å². The van der Waals surface area contributed by atoms with Crippen molar-refractivity contribution in [1.82, 2.24) is 0 Å². The van der Waals surface area contributed by atoms with Gasteiger partial charge in [0.1, 0.15) is 0 Å². The van der Waals surface area contributed by atoms with Crippen LogP contribution < -0.4 is 0 Å². The smallest absolute Gasteiger partial charge is 0.154 e. The fraction of sp³-hybridized carbons (Fsp3) is 1.00. The summed E-state index contributed by atoms with van der Waals surface area (Å²) in [7, 11) is 0. The molecule has 0 aromatic heterocycles. The fourth-order valence-electron chi connectivity index (χ4n) is 1.27. The summed E-state index contributed by atoms with van der Waals surface area (Å²) in [5.74, 6) is 1.37. The van der Waals surface area contributed by atoms with Crippen molar-refractivity contribution in [3.05, 3.63) is 0 Å². The first-order chi connectivity index (χ1) is 6.52. The Morgan fingerprint density at radius 1 is 0.929 bits per heavy atom. The molecule has 0 aliphatic rings. The molecule has 0 rings (SSSR count). The number of aliphatic hydroxyl groups is 1. The van der Waals surface area contributed by atoms with Gasteiger partial charge in [0, 0.05) is 6.61 Å². The van der Waals surface area contributed by atoms with E-state index in [9.17, 15) is 5.11 Å². The molecule has 14 heavy (non-hydrogen) atoms. The third kappa shape index (κ3) is 10.0. The van der Waals surface area contributed by atoms with Crippen LogP contribution in [0.4, 0.5) is 0 Å². The van der Waals surface area contributed by atoms with E-state index in [4.69, 9.17) is 4.74 Å². The number of hydrogen-bond donors (Lipinski definition) is 1. The molecular weight excluding hydrogens is 176 g/mol. The lowest BCUT2D eigenvalue weighted by Crippen LogP contribution is -2.13. The SMILES string of the molecule is CC(C)CCCOC(O)CCC(C)C. The highest BCUT2D eigenvalue weighted by Gasteiger charge is 2.05. The van der Waals surface area contributed by atoms with Gasteiger partial charge in [-0.2, -0.15) is 0 Å². The molecule has 0 radical (unpaired) electrons. The van der Waals surface area contributed by atoms with Gasteiger partial charge < -0.3 is 9.84 Å². The molecule has 1 unspecified atom stereocenters. The Balaban J connectivity index is 3.22. The van der Waals surface area contributed by atoms with Gasteiger partial charge in [-0.05, 0) is 37.5 Å². The Labute approximate surface area is 88.7 Å². The molecule has 1 atom stereocenters. The molecule has 0 fully saturated rings. The Hall–Kier alpha value is -0.0800. The summed E-state index contributed by atoms with van der Waals surface area (Å²) in [5, 5.41) is 9.44.